The molecule has 0 spiro atoms. The summed E-state index contributed by atoms with van der Waals surface area (Å²) in [5, 5.41) is 4.80. The number of benzene rings is 2. The van der Waals surface area contributed by atoms with Gasteiger partial charge in [0.25, 0.3) is 0 Å². The van der Waals surface area contributed by atoms with Crippen LogP contribution in [0.25, 0.3) is 10.8 Å². The van der Waals surface area contributed by atoms with E-state index in [-0.39, 0.29) is 0 Å². The number of ether oxygens (including phenoxy) is 2. The van der Waals surface area contributed by atoms with E-state index in [1.807, 2.05) is 0 Å². The number of rotatable bonds is 7. The number of nitrogens with two attached hydrogens (primary N) is 1. The Balaban J connectivity index is 1.46. The fourth-order valence-corrected chi connectivity index (χ4v) is 3.02. The van der Waals surface area contributed by atoms with E-state index >= 15 is 0 Å². The van der Waals surface area contributed by atoms with Gasteiger partial charge in [-0.1, -0.05) is 43.3 Å². The van der Waals surface area contributed by atoms with Crippen molar-refractivity contribution >= 4 is 10.8 Å². The van der Waals surface area contributed by atoms with Gasteiger partial charge in [0, 0.05) is 17.9 Å². The first-order chi connectivity index (χ1) is 10.8. The molecule has 1 fully saturated rings. The molecule has 1 aliphatic heterocycles. The van der Waals surface area contributed by atoms with Crippen molar-refractivity contribution in [2.75, 3.05) is 26.3 Å². The van der Waals surface area contributed by atoms with Crippen molar-refractivity contribution in [2.45, 2.75) is 25.9 Å². The Bertz CT molecular complexity index is 588. The van der Waals surface area contributed by atoms with Crippen molar-refractivity contribution in [3.8, 4) is 5.75 Å². The van der Waals surface area contributed by atoms with E-state index < -0.39 is 0 Å². The van der Waals surface area contributed by atoms with Gasteiger partial charge < -0.3 is 14.8 Å². The third kappa shape index (κ3) is 3.99. The Hall–Kier alpha value is -1.58. The first-order valence-electron chi connectivity index (χ1n) is 8.37. The van der Waals surface area contributed by atoms with Crippen LogP contribution in [0, 0.1) is 5.92 Å². The Morgan fingerprint density at radius 1 is 1.23 bits per heavy atom. The minimum absolute atomic E-state index is 0.464. The predicted molar refractivity (Wildman–Crippen MR) is 89.2 cm³/mol. The summed E-state index contributed by atoms with van der Waals surface area (Å²) in [4.78, 5) is 0. The van der Waals surface area contributed by atoms with Crippen molar-refractivity contribution in [1.29, 1.82) is 0 Å². The Morgan fingerprint density at radius 2 is 2.09 bits per heavy atom. The first-order valence-corrected chi connectivity index (χ1v) is 8.37. The summed E-state index contributed by atoms with van der Waals surface area (Å²) in [6.07, 6.45) is 2.90. The molecule has 0 unspecified atom stereocenters. The second-order valence-electron chi connectivity index (χ2n) is 6.29. The molecule has 0 aromatic heterocycles. The SMILES string of the molecule is C[C@@H](C[NH2+]C[C@@H]1CCCO1)COc1cccc2ccccc12. The van der Waals surface area contributed by atoms with Gasteiger partial charge in [-0.05, 0) is 24.3 Å². The third-order valence-electron chi connectivity index (χ3n) is 4.30. The maximum Gasteiger partial charge on any atom is 0.127 e. The molecule has 2 N–H and O–H groups in total. The standard InChI is InChI=1S/C19H25NO2/c1-15(12-20-13-17-8-5-11-21-17)14-22-19-10-4-7-16-6-2-3-9-18(16)19/h2-4,6-7,9-10,15,17,20H,5,8,11-14H2,1H3/p+1/t15-,17-/m0/s1. The van der Waals surface area contributed by atoms with E-state index in [4.69, 9.17) is 9.47 Å². The van der Waals surface area contributed by atoms with Crippen LogP contribution in [0.4, 0.5) is 0 Å². The quantitative estimate of drug-likeness (QED) is 0.853. The van der Waals surface area contributed by atoms with Gasteiger partial charge >= 0.3 is 0 Å². The lowest BCUT2D eigenvalue weighted by molar-refractivity contribution is -0.665. The summed E-state index contributed by atoms with van der Waals surface area (Å²) in [6.45, 7) is 6.12. The minimum Gasteiger partial charge on any atom is -0.492 e. The number of hydrogen-bond acceptors (Lipinski definition) is 2. The van der Waals surface area contributed by atoms with Crippen molar-refractivity contribution in [3.05, 3.63) is 42.5 Å². The number of hydrogen-bond donors (Lipinski definition) is 1. The van der Waals surface area contributed by atoms with Crippen LogP contribution < -0.4 is 10.1 Å². The van der Waals surface area contributed by atoms with Crippen LogP contribution >= 0.6 is 0 Å². The van der Waals surface area contributed by atoms with E-state index in [1.165, 1.54) is 23.6 Å². The molecular weight excluding hydrogens is 274 g/mol. The highest BCUT2D eigenvalue weighted by Crippen LogP contribution is 2.25. The zero-order chi connectivity index (χ0) is 15.2. The molecule has 0 radical (unpaired) electrons. The zero-order valence-electron chi connectivity index (χ0n) is 13.3. The van der Waals surface area contributed by atoms with Gasteiger partial charge in [-0.2, -0.15) is 0 Å². The van der Waals surface area contributed by atoms with Crippen molar-refractivity contribution in [2.24, 2.45) is 5.92 Å². The Labute approximate surface area is 132 Å². The Kier molecular flexibility index (Phi) is 5.30. The van der Waals surface area contributed by atoms with Gasteiger partial charge in [0.2, 0.25) is 0 Å². The fourth-order valence-electron chi connectivity index (χ4n) is 3.02. The maximum absolute atomic E-state index is 6.05. The van der Waals surface area contributed by atoms with Crippen LogP contribution in [-0.4, -0.2) is 32.4 Å². The largest absolute Gasteiger partial charge is 0.492 e. The average molecular weight is 300 g/mol. The minimum atomic E-state index is 0.464. The summed E-state index contributed by atoms with van der Waals surface area (Å²) < 4.78 is 11.7. The number of quaternary nitrogens is 1. The lowest BCUT2D eigenvalue weighted by atomic mass is 10.1. The highest BCUT2D eigenvalue weighted by atomic mass is 16.5. The van der Waals surface area contributed by atoms with Gasteiger partial charge in [-0.3, -0.25) is 0 Å². The van der Waals surface area contributed by atoms with Crippen molar-refractivity contribution in [1.82, 2.24) is 0 Å². The summed E-state index contributed by atoms with van der Waals surface area (Å²) in [7, 11) is 0. The zero-order valence-corrected chi connectivity index (χ0v) is 13.3. The monoisotopic (exact) mass is 300 g/mol. The molecule has 2 aromatic rings. The number of fused-ring (bicyclic) bond motifs is 1. The molecule has 0 aliphatic carbocycles. The molecule has 1 saturated heterocycles. The van der Waals surface area contributed by atoms with Gasteiger partial charge in [-0.15, -0.1) is 0 Å². The summed E-state index contributed by atoms with van der Waals surface area (Å²) in [6, 6.07) is 14.6. The van der Waals surface area contributed by atoms with Gasteiger partial charge in [0.1, 0.15) is 18.4 Å². The summed E-state index contributed by atoms with van der Waals surface area (Å²) in [5.41, 5.74) is 0. The van der Waals surface area contributed by atoms with Crippen LogP contribution in [0.5, 0.6) is 5.75 Å². The van der Waals surface area contributed by atoms with E-state index in [2.05, 4.69) is 54.7 Å². The fraction of sp³-hybridized carbons (Fsp3) is 0.474. The molecule has 1 aliphatic rings. The van der Waals surface area contributed by atoms with Crippen LogP contribution in [0.2, 0.25) is 0 Å². The summed E-state index contributed by atoms with van der Waals surface area (Å²) in [5.74, 6) is 1.52. The molecule has 0 saturated carbocycles. The van der Waals surface area contributed by atoms with E-state index in [0.717, 1.165) is 32.1 Å². The molecule has 22 heavy (non-hydrogen) atoms. The third-order valence-corrected chi connectivity index (χ3v) is 4.30. The molecule has 118 valence electrons. The van der Waals surface area contributed by atoms with E-state index in [1.54, 1.807) is 0 Å². The topological polar surface area (TPSA) is 35.1 Å². The normalized spacial score (nSPS) is 19.4. The lowest BCUT2D eigenvalue weighted by Gasteiger charge is -2.15. The van der Waals surface area contributed by atoms with Gasteiger partial charge in [0.15, 0.2) is 0 Å². The van der Waals surface area contributed by atoms with Crippen molar-refractivity contribution in [3.63, 3.8) is 0 Å². The van der Waals surface area contributed by atoms with Crippen LogP contribution in [0.1, 0.15) is 19.8 Å². The molecule has 2 aromatic carbocycles. The highest BCUT2D eigenvalue weighted by Gasteiger charge is 2.17. The van der Waals surface area contributed by atoms with E-state index in [9.17, 15) is 0 Å². The predicted octanol–water partition coefficient (Wildman–Crippen LogP) is 2.60. The molecule has 3 rings (SSSR count). The van der Waals surface area contributed by atoms with Crippen LogP contribution in [0.15, 0.2) is 42.5 Å². The summed E-state index contributed by atoms with van der Waals surface area (Å²) >= 11 is 0. The first kappa shape index (κ1) is 15.3. The second-order valence-corrected chi connectivity index (χ2v) is 6.29. The molecule has 1 heterocycles. The van der Waals surface area contributed by atoms with Gasteiger partial charge in [0.05, 0.1) is 13.2 Å². The van der Waals surface area contributed by atoms with Crippen molar-refractivity contribution < 1.29 is 14.8 Å². The maximum atomic E-state index is 6.05. The Morgan fingerprint density at radius 3 is 2.95 bits per heavy atom. The van der Waals surface area contributed by atoms with Crippen LogP contribution in [-0.2, 0) is 4.74 Å². The molecule has 0 amide bonds. The molecular formula is C19H26NO2+. The molecule has 3 nitrogen and oxygen atoms in total. The molecule has 3 heteroatoms. The average Bonchev–Trinajstić information content (AvgIpc) is 3.06. The van der Waals surface area contributed by atoms with E-state index in [0.29, 0.717) is 12.0 Å². The lowest BCUT2D eigenvalue weighted by Crippen LogP contribution is -2.87. The second kappa shape index (κ2) is 7.61. The van der Waals surface area contributed by atoms with Gasteiger partial charge in [-0.25, -0.2) is 0 Å². The smallest absolute Gasteiger partial charge is 0.127 e. The highest BCUT2D eigenvalue weighted by molar-refractivity contribution is 5.88. The van der Waals surface area contributed by atoms with Crippen LogP contribution in [0.3, 0.4) is 0 Å². The molecule has 0 bridgehead atoms. The molecule has 2 atom stereocenters.